The molecule has 25 heavy (non-hydrogen) atoms. The van der Waals surface area contributed by atoms with Gasteiger partial charge in [0, 0.05) is 7.05 Å². The van der Waals surface area contributed by atoms with Gasteiger partial charge in [0.1, 0.15) is 5.69 Å². The van der Waals surface area contributed by atoms with Crippen molar-refractivity contribution in [3.63, 3.8) is 0 Å². The molecule has 5 nitrogen and oxygen atoms in total. The Labute approximate surface area is 150 Å². The van der Waals surface area contributed by atoms with Gasteiger partial charge < -0.3 is 0 Å². The molecule has 0 atom stereocenters. The molecule has 0 aliphatic carbocycles. The molecule has 1 heterocycles. The molecule has 0 spiro atoms. The summed E-state index contributed by atoms with van der Waals surface area (Å²) in [4.78, 5) is 12.2. The van der Waals surface area contributed by atoms with Crippen LogP contribution in [0.15, 0.2) is 59.7 Å². The van der Waals surface area contributed by atoms with Crippen LogP contribution in [0.5, 0.6) is 0 Å². The Balaban J connectivity index is 1.67. The Hall–Kier alpha value is -2.92. The summed E-state index contributed by atoms with van der Waals surface area (Å²) in [5, 5.41) is 8.43. The van der Waals surface area contributed by atoms with Crippen molar-refractivity contribution in [3.05, 3.63) is 76.6 Å². The van der Waals surface area contributed by atoms with Crippen LogP contribution in [0.1, 0.15) is 21.7 Å². The number of hydrogen-bond donors (Lipinski definition) is 1. The van der Waals surface area contributed by atoms with Crippen molar-refractivity contribution in [1.29, 1.82) is 0 Å². The summed E-state index contributed by atoms with van der Waals surface area (Å²) < 4.78 is 1.44. The first-order chi connectivity index (χ1) is 12.1. The van der Waals surface area contributed by atoms with E-state index in [0.29, 0.717) is 10.7 Å². The van der Waals surface area contributed by atoms with E-state index in [0.717, 1.165) is 16.7 Å². The molecule has 0 bridgehead atoms. The van der Waals surface area contributed by atoms with E-state index in [2.05, 4.69) is 27.8 Å². The molecule has 2 aromatic carbocycles. The molecule has 0 aliphatic heterocycles. The third-order valence-corrected chi connectivity index (χ3v) is 4.21. The number of benzene rings is 2. The second kappa shape index (κ2) is 7.32. The number of rotatable bonds is 4. The van der Waals surface area contributed by atoms with Crippen molar-refractivity contribution < 1.29 is 4.79 Å². The molecular weight excluding hydrogens is 336 g/mol. The quantitative estimate of drug-likeness (QED) is 0.573. The van der Waals surface area contributed by atoms with Gasteiger partial charge in [-0.05, 0) is 23.6 Å². The van der Waals surface area contributed by atoms with Crippen molar-refractivity contribution in [1.82, 2.24) is 15.2 Å². The number of halogens is 1. The predicted molar refractivity (Wildman–Crippen MR) is 99.9 cm³/mol. The van der Waals surface area contributed by atoms with E-state index in [1.165, 1.54) is 4.68 Å². The molecule has 3 rings (SSSR count). The SMILES string of the molecule is Cc1nn(C)c(C(=O)N/N=C\c2ccc(-c3ccccc3)cc2)c1Cl. The number of carbonyl (C=O) groups is 1. The summed E-state index contributed by atoms with van der Waals surface area (Å²) in [6.07, 6.45) is 1.59. The van der Waals surface area contributed by atoms with Crippen LogP contribution in [0.3, 0.4) is 0 Å². The van der Waals surface area contributed by atoms with E-state index in [1.807, 2.05) is 42.5 Å². The summed E-state index contributed by atoms with van der Waals surface area (Å²) in [5.74, 6) is -0.398. The average Bonchev–Trinajstić information content (AvgIpc) is 2.88. The lowest BCUT2D eigenvalue weighted by Gasteiger charge is -2.02. The van der Waals surface area contributed by atoms with E-state index in [4.69, 9.17) is 11.6 Å². The fourth-order valence-electron chi connectivity index (χ4n) is 2.49. The van der Waals surface area contributed by atoms with Crippen molar-refractivity contribution in [2.45, 2.75) is 6.92 Å². The minimum atomic E-state index is -0.398. The zero-order valence-electron chi connectivity index (χ0n) is 13.9. The third-order valence-electron chi connectivity index (χ3n) is 3.76. The standard InChI is InChI=1S/C19H17ClN4O/c1-13-17(20)18(24(2)23-13)19(25)22-21-12-14-8-10-16(11-9-14)15-6-4-3-5-7-15/h3-12H,1-2H3,(H,22,25)/b21-12-. The Bertz CT molecular complexity index is 915. The molecule has 0 fully saturated rings. The summed E-state index contributed by atoms with van der Waals surface area (Å²) in [7, 11) is 1.67. The largest absolute Gasteiger partial charge is 0.291 e. The van der Waals surface area contributed by atoms with Crippen LogP contribution in [0, 0.1) is 6.92 Å². The number of aryl methyl sites for hydroxylation is 2. The zero-order valence-corrected chi connectivity index (χ0v) is 14.7. The van der Waals surface area contributed by atoms with Crippen LogP contribution < -0.4 is 5.43 Å². The highest BCUT2D eigenvalue weighted by Crippen LogP contribution is 2.20. The lowest BCUT2D eigenvalue weighted by Crippen LogP contribution is -2.21. The van der Waals surface area contributed by atoms with E-state index in [9.17, 15) is 4.79 Å². The molecular formula is C19H17ClN4O. The van der Waals surface area contributed by atoms with E-state index in [-0.39, 0.29) is 5.69 Å². The van der Waals surface area contributed by atoms with E-state index >= 15 is 0 Å². The Morgan fingerprint density at radius 3 is 2.36 bits per heavy atom. The molecule has 0 aliphatic rings. The first-order valence-electron chi connectivity index (χ1n) is 7.74. The molecule has 1 amide bonds. The van der Waals surface area contributed by atoms with Gasteiger partial charge in [-0.2, -0.15) is 10.2 Å². The van der Waals surface area contributed by atoms with Crippen LogP contribution in [-0.4, -0.2) is 21.9 Å². The van der Waals surface area contributed by atoms with Gasteiger partial charge in [-0.25, -0.2) is 5.43 Å². The number of amides is 1. The van der Waals surface area contributed by atoms with Crippen molar-refractivity contribution in [2.75, 3.05) is 0 Å². The van der Waals surface area contributed by atoms with Crippen molar-refractivity contribution >= 4 is 23.7 Å². The van der Waals surface area contributed by atoms with Gasteiger partial charge in [-0.1, -0.05) is 66.2 Å². The number of aromatic nitrogens is 2. The monoisotopic (exact) mass is 352 g/mol. The second-order valence-electron chi connectivity index (χ2n) is 5.56. The molecule has 6 heteroatoms. The van der Waals surface area contributed by atoms with Crippen LogP contribution in [0.25, 0.3) is 11.1 Å². The van der Waals surface area contributed by atoms with Gasteiger partial charge in [-0.15, -0.1) is 0 Å². The maximum Gasteiger partial charge on any atom is 0.291 e. The lowest BCUT2D eigenvalue weighted by atomic mass is 10.0. The Morgan fingerprint density at radius 2 is 1.76 bits per heavy atom. The van der Waals surface area contributed by atoms with Crippen LogP contribution in [-0.2, 0) is 7.05 Å². The van der Waals surface area contributed by atoms with Gasteiger partial charge in [-0.3, -0.25) is 9.48 Å². The maximum absolute atomic E-state index is 12.2. The molecule has 1 aromatic heterocycles. The summed E-state index contributed by atoms with van der Waals surface area (Å²) in [6, 6.07) is 18.0. The maximum atomic E-state index is 12.2. The van der Waals surface area contributed by atoms with E-state index in [1.54, 1.807) is 20.2 Å². The second-order valence-corrected chi connectivity index (χ2v) is 5.94. The van der Waals surface area contributed by atoms with Gasteiger partial charge >= 0.3 is 0 Å². The van der Waals surface area contributed by atoms with Gasteiger partial charge in [0.15, 0.2) is 0 Å². The molecule has 1 N–H and O–H groups in total. The number of carbonyl (C=O) groups excluding carboxylic acids is 1. The summed E-state index contributed by atoms with van der Waals surface area (Å²) in [6.45, 7) is 1.75. The fourth-order valence-corrected chi connectivity index (χ4v) is 2.74. The molecule has 0 radical (unpaired) electrons. The van der Waals surface area contributed by atoms with Gasteiger partial charge in [0.2, 0.25) is 0 Å². The predicted octanol–water partition coefficient (Wildman–Crippen LogP) is 3.81. The van der Waals surface area contributed by atoms with Crippen molar-refractivity contribution in [2.24, 2.45) is 12.1 Å². The van der Waals surface area contributed by atoms with Gasteiger partial charge in [0.05, 0.1) is 16.9 Å². The first kappa shape index (κ1) is 16.9. The third kappa shape index (κ3) is 3.78. The Morgan fingerprint density at radius 1 is 1.12 bits per heavy atom. The van der Waals surface area contributed by atoms with Crippen LogP contribution in [0.4, 0.5) is 0 Å². The first-order valence-corrected chi connectivity index (χ1v) is 8.12. The highest BCUT2D eigenvalue weighted by molar-refractivity contribution is 6.34. The highest BCUT2D eigenvalue weighted by Gasteiger charge is 2.17. The normalized spacial score (nSPS) is 11.0. The molecule has 126 valence electrons. The van der Waals surface area contributed by atoms with Crippen molar-refractivity contribution in [3.8, 4) is 11.1 Å². The smallest absolute Gasteiger partial charge is 0.266 e. The molecule has 0 unspecified atom stereocenters. The molecule has 0 saturated carbocycles. The highest BCUT2D eigenvalue weighted by atomic mass is 35.5. The summed E-state index contributed by atoms with van der Waals surface area (Å²) >= 11 is 6.08. The summed E-state index contributed by atoms with van der Waals surface area (Å²) in [5.41, 5.74) is 6.53. The minimum absolute atomic E-state index is 0.288. The number of hydrogen-bond acceptors (Lipinski definition) is 3. The van der Waals surface area contributed by atoms with E-state index < -0.39 is 5.91 Å². The fraction of sp³-hybridized carbons (Fsp3) is 0.105. The number of nitrogens with one attached hydrogen (secondary N) is 1. The molecule has 3 aromatic rings. The minimum Gasteiger partial charge on any atom is -0.266 e. The van der Waals surface area contributed by atoms with Crippen LogP contribution >= 0.6 is 11.6 Å². The topological polar surface area (TPSA) is 59.3 Å². The number of hydrazone groups is 1. The zero-order chi connectivity index (χ0) is 17.8. The van der Waals surface area contributed by atoms with Gasteiger partial charge in [0.25, 0.3) is 5.91 Å². The Kier molecular flexibility index (Phi) is 4.95. The number of nitrogens with zero attached hydrogens (tertiary/aromatic N) is 3. The average molecular weight is 353 g/mol. The lowest BCUT2D eigenvalue weighted by molar-refractivity contribution is 0.0946. The van der Waals surface area contributed by atoms with Crippen LogP contribution in [0.2, 0.25) is 5.02 Å². The molecule has 0 saturated heterocycles.